The summed E-state index contributed by atoms with van der Waals surface area (Å²) in [7, 11) is 0. The summed E-state index contributed by atoms with van der Waals surface area (Å²) in [5.74, 6) is 0.369. The summed E-state index contributed by atoms with van der Waals surface area (Å²) in [6.45, 7) is 3.85. The van der Waals surface area contributed by atoms with Crippen molar-refractivity contribution in [2.75, 3.05) is 0 Å². The lowest BCUT2D eigenvalue weighted by Gasteiger charge is -2.22. The zero-order valence-corrected chi connectivity index (χ0v) is 5.79. The molecule has 1 rings (SSSR count). The van der Waals surface area contributed by atoms with Crippen LogP contribution in [-0.2, 0) is 4.74 Å². The second-order valence-corrected chi connectivity index (χ2v) is 2.45. The highest BCUT2D eigenvalue weighted by Gasteiger charge is 2.16. The molecule has 9 heavy (non-hydrogen) atoms. The minimum atomic E-state index is -0.103. The first-order valence-electron chi connectivity index (χ1n) is 3.24. The van der Waals surface area contributed by atoms with Crippen LogP contribution in [0.3, 0.4) is 0 Å². The van der Waals surface area contributed by atoms with E-state index in [1.807, 2.05) is 19.9 Å². The second-order valence-electron chi connectivity index (χ2n) is 2.45. The van der Waals surface area contributed by atoms with Gasteiger partial charge in [0.1, 0.15) is 11.9 Å². The van der Waals surface area contributed by atoms with Crippen molar-refractivity contribution in [2.24, 2.45) is 0 Å². The van der Waals surface area contributed by atoms with Gasteiger partial charge in [-0.25, -0.2) is 0 Å². The van der Waals surface area contributed by atoms with Crippen LogP contribution in [0.2, 0.25) is 0 Å². The third-order valence-corrected chi connectivity index (χ3v) is 1.51. The number of aliphatic hydroxyl groups excluding tert-OH is 1. The standard InChI is InChI=1S/C7H12O2/c1-5-3-4-7(8)6(2)9-5/h4-6,8H,3H2,1-2H3. The van der Waals surface area contributed by atoms with E-state index in [1.165, 1.54) is 0 Å². The van der Waals surface area contributed by atoms with Crippen LogP contribution in [-0.4, -0.2) is 17.3 Å². The van der Waals surface area contributed by atoms with Crippen molar-refractivity contribution in [3.05, 3.63) is 11.8 Å². The molecule has 1 aliphatic heterocycles. The molecule has 0 aromatic carbocycles. The maximum absolute atomic E-state index is 9.03. The highest BCUT2D eigenvalue weighted by atomic mass is 16.5. The SMILES string of the molecule is CC1CC=C(O)C(C)O1. The average molecular weight is 128 g/mol. The van der Waals surface area contributed by atoms with Crippen molar-refractivity contribution in [1.29, 1.82) is 0 Å². The predicted molar refractivity (Wildman–Crippen MR) is 35.3 cm³/mol. The minimum absolute atomic E-state index is 0.103. The molecule has 0 fully saturated rings. The van der Waals surface area contributed by atoms with Crippen molar-refractivity contribution in [1.82, 2.24) is 0 Å². The van der Waals surface area contributed by atoms with Gasteiger partial charge in [-0.05, 0) is 26.3 Å². The fourth-order valence-electron chi connectivity index (χ4n) is 0.926. The number of hydrogen-bond donors (Lipinski definition) is 1. The zero-order chi connectivity index (χ0) is 6.85. The van der Waals surface area contributed by atoms with E-state index in [0.717, 1.165) is 6.42 Å². The first kappa shape index (κ1) is 6.62. The van der Waals surface area contributed by atoms with Gasteiger partial charge in [-0.15, -0.1) is 0 Å². The lowest BCUT2D eigenvalue weighted by Crippen LogP contribution is -2.22. The molecule has 0 aromatic rings. The molecule has 2 heteroatoms. The van der Waals surface area contributed by atoms with E-state index in [2.05, 4.69) is 0 Å². The Morgan fingerprint density at radius 1 is 1.67 bits per heavy atom. The lowest BCUT2D eigenvalue weighted by atomic mass is 10.1. The van der Waals surface area contributed by atoms with E-state index in [-0.39, 0.29) is 12.2 Å². The first-order chi connectivity index (χ1) is 4.20. The maximum atomic E-state index is 9.03. The molecule has 52 valence electrons. The fourth-order valence-corrected chi connectivity index (χ4v) is 0.926. The highest BCUT2D eigenvalue weighted by molar-refractivity contribution is 5.01. The summed E-state index contributed by atoms with van der Waals surface area (Å²) in [6, 6.07) is 0. The topological polar surface area (TPSA) is 29.5 Å². The highest BCUT2D eigenvalue weighted by Crippen LogP contribution is 2.15. The molecule has 0 saturated heterocycles. The van der Waals surface area contributed by atoms with Crippen LogP contribution in [0, 0.1) is 0 Å². The summed E-state index contributed by atoms with van der Waals surface area (Å²) < 4.78 is 5.28. The van der Waals surface area contributed by atoms with Crippen LogP contribution >= 0.6 is 0 Å². The summed E-state index contributed by atoms with van der Waals surface area (Å²) in [6.07, 6.45) is 2.80. The van der Waals surface area contributed by atoms with Crippen LogP contribution in [0.4, 0.5) is 0 Å². The Labute approximate surface area is 55.1 Å². The van der Waals surface area contributed by atoms with Gasteiger partial charge in [0.2, 0.25) is 0 Å². The third kappa shape index (κ3) is 1.45. The zero-order valence-electron chi connectivity index (χ0n) is 5.79. The van der Waals surface area contributed by atoms with Crippen molar-refractivity contribution in [2.45, 2.75) is 32.5 Å². The summed E-state index contributed by atoms with van der Waals surface area (Å²) in [5.41, 5.74) is 0. The maximum Gasteiger partial charge on any atom is 0.117 e. The van der Waals surface area contributed by atoms with Gasteiger partial charge in [-0.2, -0.15) is 0 Å². The number of aliphatic hydroxyl groups is 1. The number of rotatable bonds is 0. The largest absolute Gasteiger partial charge is 0.510 e. The van der Waals surface area contributed by atoms with E-state index >= 15 is 0 Å². The molecule has 1 aliphatic rings. The van der Waals surface area contributed by atoms with Gasteiger partial charge in [0.15, 0.2) is 0 Å². The Morgan fingerprint density at radius 3 is 2.78 bits per heavy atom. The summed E-state index contributed by atoms with van der Waals surface area (Å²) in [4.78, 5) is 0. The van der Waals surface area contributed by atoms with E-state index in [4.69, 9.17) is 9.84 Å². The number of hydrogen-bond acceptors (Lipinski definition) is 2. The quantitative estimate of drug-likeness (QED) is 0.537. The fraction of sp³-hybridized carbons (Fsp3) is 0.714. The molecule has 2 nitrogen and oxygen atoms in total. The molecule has 0 radical (unpaired) electrons. The van der Waals surface area contributed by atoms with Crippen LogP contribution < -0.4 is 0 Å². The minimum Gasteiger partial charge on any atom is -0.510 e. The average Bonchev–Trinajstić information content (AvgIpc) is 1.80. The van der Waals surface area contributed by atoms with Gasteiger partial charge in [-0.1, -0.05) is 0 Å². The molecule has 2 unspecified atom stereocenters. The van der Waals surface area contributed by atoms with Gasteiger partial charge in [0.25, 0.3) is 0 Å². The van der Waals surface area contributed by atoms with E-state index in [0.29, 0.717) is 5.76 Å². The normalized spacial score (nSPS) is 36.0. The Hall–Kier alpha value is -0.500. The Balaban J connectivity index is 2.56. The smallest absolute Gasteiger partial charge is 0.117 e. The molecule has 0 amide bonds. The lowest BCUT2D eigenvalue weighted by molar-refractivity contribution is -0.00373. The van der Waals surface area contributed by atoms with Crippen LogP contribution in [0.5, 0.6) is 0 Å². The number of ether oxygens (including phenoxy) is 1. The third-order valence-electron chi connectivity index (χ3n) is 1.51. The molecule has 0 aromatic heterocycles. The molecule has 0 bridgehead atoms. The van der Waals surface area contributed by atoms with Gasteiger partial charge >= 0.3 is 0 Å². The van der Waals surface area contributed by atoms with Crippen LogP contribution in [0.15, 0.2) is 11.8 Å². The van der Waals surface area contributed by atoms with Crippen molar-refractivity contribution >= 4 is 0 Å². The predicted octanol–water partition coefficient (Wildman–Crippen LogP) is 1.63. The second kappa shape index (κ2) is 2.40. The van der Waals surface area contributed by atoms with Crippen molar-refractivity contribution in [3.63, 3.8) is 0 Å². The molecule has 1 heterocycles. The molecular weight excluding hydrogens is 116 g/mol. The molecule has 2 atom stereocenters. The Kier molecular flexibility index (Phi) is 1.76. The first-order valence-corrected chi connectivity index (χ1v) is 3.24. The van der Waals surface area contributed by atoms with Crippen LogP contribution in [0.25, 0.3) is 0 Å². The Morgan fingerprint density at radius 2 is 2.33 bits per heavy atom. The van der Waals surface area contributed by atoms with Gasteiger partial charge < -0.3 is 9.84 Å². The monoisotopic (exact) mass is 128 g/mol. The van der Waals surface area contributed by atoms with Gasteiger partial charge in [0, 0.05) is 0 Å². The Bertz CT molecular complexity index is 129. The van der Waals surface area contributed by atoms with Gasteiger partial charge in [0.05, 0.1) is 6.10 Å². The van der Waals surface area contributed by atoms with Gasteiger partial charge in [-0.3, -0.25) is 0 Å². The van der Waals surface area contributed by atoms with Crippen molar-refractivity contribution < 1.29 is 9.84 Å². The summed E-state index contributed by atoms with van der Waals surface area (Å²) >= 11 is 0. The van der Waals surface area contributed by atoms with Crippen LogP contribution in [0.1, 0.15) is 20.3 Å². The summed E-state index contributed by atoms with van der Waals surface area (Å²) in [5, 5.41) is 9.03. The molecule has 0 saturated carbocycles. The molecular formula is C7H12O2. The molecule has 0 spiro atoms. The van der Waals surface area contributed by atoms with E-state index < -0.39 is 0 Å². The molecule has 1 N–H and O–H groups in total. The van der Waals surface area contributed by atoms with E-state index in [1.54, 1.807) is 0 Å². The molecule has 0 aliphatic carbocycles. The van der Waals surface area contributed by atoms with E-state index in [9.17, 15) is 0 Å². The van der Waals surface area contributed by atoms with Crippen molar-refractivity contribution in [3.8, 4) is 0 Å².